The molecule has 3 heteroatoms. The maximum absolute atomic E-state index is 11.6. The van der Waals surface area contributed by atoms with Crippen LogP contribution in [0.3, 0.4) is 0 Å². The van der Waals surface area contributed by atoms with Crippen molar-refractivity contribution in [2.75, 3.05) is 20.2 Å². The number of carbonyl (C=O) groups is 1. The lowest BCUT2D eigenvalue weighted by Gasteiger charge is -2.40. The van der Waals surface area contributed by atoms with E-state index >= 15 is 0 Å². The summed E-state index contributed by atoms with van der Waals surface area (Å²) in [5, 5.41) is 0. The molecule has 1 rings (SSSR count). The summed E-state index contributed by atoms with van der Waals surface area (Å²) in [4.78, 5) is 13.8. The fourth-order valence-corrected chi connectivity index (χ4v) is 1.95. The minimum atomic E-state index is -0.463. The molecule has 0 atom stereocenters. The highest BCUT2D eigenvalue weighted by Gasteiger charge is 2.36. The van der Waals surface area contributed by atoms with Crippen molar-refractivity contribution in [2.24, 2.45) is 5.92 Å². The summed E-state index contributed by atoms with van der Waals surface area (Å²) in [5.41, 5.74) is -0.463. The summed E-state index contributed by atoms with van der Waals surface area (Å²) >= 11 is 0. The molecule has 1 aliphatic rings. The van der Waals surface area contributed by atoms with Gasteiger partial charge < -0.3 is 4.74 Å². The number of methoxy groups -OCH3 is 1. The Kier molecular flexibility index (Phi) is 3.53. The lowest BCUT2D eigenvalue weighted by atomic mass is 9.93. The molecule has 0 aliphatic carbocycles. The number of esters is 1. The number of hydrogen-bond acceptors (Lipinski definition) is 3. The summed E-state index contributed by atoms with van der Waals surface area (Å²) in [6.45, 7) is 8.15. The van der Waals surface area contributed by atoms with Crippen LogP contribution in [0.5, 0.6) is 0 Å². The van der Waals surface area contributed by atoms with Crippen LogP contribution in [0.4, 0.5) is 0 Å². The summed E-state index contributed by atoms with van der Waals surface area (Å²) in [5.74, 6) is 0.659. The van der Waals surface area contributed by atoms with E-state index in [0.717, 1.165) is 19.0 Å². The predicted octanol–water partition coefficient (Wildman–Crippen LogP) is 1.67. The molecule has 0 bridgehead atoms. The molecule has 1 fully saturated rings. The highest BCUT2D eigenvalue weighted by Crippen LogP contribution is 2.24. The van der Waals surface area contributed by atoms with E-state index < -0.39 is 5.54 Å². The van der Waals surface area contributed by atoms with Gasteiger partial charge in [-0.05, 0) is 45.7 Å². The molecule has 0 saturated carbocycles. The molecule has 1 aliphatic heterocycles. The molecule has 0 radical (unpaired) electrons. The second-order valence-electron chi connectivity index (χ2n) is 4.72. The maximum Gasteiger partial charge on any atom is 0.325 e. The first-order valence-electron chi connectivity index (χ1n) is 5.32. The van der Waals surface area contributed by atoms with Crippen molar-refractivity contribution in [3.63, 3.8) is 0 Å². The Bertz CT molecular complexity index is 205. The monoisotopic (exact) mass is 199 g/mol. The third kappa shape index (κ3) is 2.27. The van der Waals surface area contributed by atoms with E-state index in [-0.39, 0.29) is 5.97 Å². The van der Waals surface area contributed by atoms with Crippen molar-refractivity contribution in [1.82, 2.24) is 4.90 Å². The van der Waals surface area contributed by atoms with Crippen LogP contribution >= 0.6 is 0 Å². The van der Waals surface area contributed by atoms with Gasteiger partial charge in [-0.15, -0.1) is 0 Å². The Labute approximate surface area is 86.4 Å². The minimum Gasteiger partial charge on any atom is -0.468 e. The van der Waals surface area contributed by atoms with E-state index in [0.29, 0.717) is 0 Å². The highest BCUT2D eigenvalue weighted by atomic mass is 16.5. The number of piperidine rings is 1. The summed E-state index contributed by atoms with van der Waals surface area (Å²) in [7, 11) is 1.46. The van der Waals surface area contributed by atoms with E-state index in [1.165, 1.54) is 20.0 Å². The molecule has 82 valence electrons. The molecule has 0 aromatic heterocycles. The van der Waals surface area contributed by atoms with E-state index in [2.05, 4.69) is 11.8 Å². The third-order valence-electron chi connectivity index (χ3n) is 3.26. The number of rotatable bonds is 2. The average Bonchev–Trinajstić information content (AvgIpc) is 2.17. The molecule has 14 heavy (non-hydrogen) atoms. The Balaban J connectivity index is 2.59. The zero-order valence-electron chi connectivity index (χ0n) is 9.67. The maximum atomic E-state index is 11.6. The third-order valence-corrected chi connectivity index (χ3v) is 3.26. The molecule has 0 amide bonds. The standard InChI is InChI=1S/C11H21NO2/c1-9-5-7-12(8-6-9)11(2,3)10(13)14-4/h9H,5-8H2,1-4H3. The van der Waals surface area contributed by atoms with Crippen LogP contribution < -0.4 is 0 Å². The second kappa shape index (κ2) is 4.30. The number of hydrogen-bond donors (Lipinski definition) is 0. The Morgan fingerprint density at radius 1 is 1.36 bits per heavy atom. The topological polar surface area (TPSA) is 29.5 Å². The summed E-state index contributed by atoms with van der Waals surface area (Å²) < 4.78 is 4.81. The average molecular weight is 199 g/mol. The van der Waals surface area contributed by atoms with Gasteiger partial charge in [0.15, 0.2) is 0 Å². The summed E-state index contributed by atoms with van der Waals surface area (Å²) in [6.07, 6.45) is 2.36. The number of likely N-dealkylation sites (tertiary alicyclic amines) is 1. The van der Waals surface area contributed by atoms with Crippen LogP contribution in [0.2, 0.25) is 0 Å². The normalized spacial score (nSPS) is 20.9. The van der Waals surface area contributed by atoms with Crippen molar-refractivity contribution >= 4 is 5.97 Å². The largest absolute Gasteiger partial charge is 0.468 e. The fourth-order valence-electron chi connectivity index (χ4n) is 1.95. The van der Waals surface area contributed by atoms with Crippen LogP contribution in [0.1, 0.15) is 33.6 Å². The Morgan fingerprint density at radius 2 is 1.86 bits per heavy atom. The smallest absolute Gasteiger partial charge is 0.325 e. The zero-order chi connectivity index (χ0) is 10.8. The molecular weight excluding hydrogens is 178 g/mol. The van der Waals surface area contributed by atoms with Crippen LogP contribution in [0.15, 0.2) is 0 Å². The molecule has 1 heterocycles. The van der Waals surface area contributed by atoms with Crippen LogP contribution in [-0.4, -0.2) is 36.6 Å². The molecular formula is C11H21NO2. The van der Waals surface area contributed by atoms with Gasteiger partial charge in [0.1, 0.15) is 5.54 Å². The van der Waals surface area contributed by atoms with Gasteiger partial charge in [0.2, 0.25) is 0 Å². The van der Waals surface area contributed by atoms with E-state index in [9.17, 15) is 4.79 Å². The van der Waals surface area contributed by atoms with Gasteiger partial charge in [0, 0.05) is 0 Å². The number of carbonyl (C=O) groups excluding carboxylic acids is 1. The van der Waals surface area contributed by atoms with Crippen LogP contribution in [-0.2, 0) is 9.53 Å². The lowest BCUT2D eigenvalue weighted by Crippen LogP contribution is -2.53. The zero-order valence-corrected chi connectivity index (χ0v) is 9.67. The quantitative estimate of drug-likeness (QED) is 0.634. The van der Waals surface area contributed by atoms with Crippen molar-refractivity contribution < 1.29 is 9.53 Å². The molecule has 0 N–H and O–H groups in total. The second-order valence-corrected chi connectivity index (χ2v) is 4.72. The van der Waals surface area contributed by atoms with Gasteiger partial charge in [0.25, 0.3) is 0 Å². The van der Waals surface area contributed by atoms with Gasteiger partial charge in [-0.1, -0.05) is 6.92 Å². The summed E-state index contributed by atoms with van der Waals surface area (Å²) in [6, 6.07) is 0. The van der Waals surface area contributed by atoms with Gasteiger partial charge in [-0.2, -0.15) is 0 Å². The highest BCUT2D eigenvalue weighted by molar-refractivity contribution is 5.79. The first kappa shape index (κ1) is 11.5. The predicted molar refractivity (Wildman–Crippen MR) is 56.1 cm³/mol. The Morgan fingerprint density at radius 3 is 2.29 bits per heavy atom. The molecule has 0 aromatic rings. The Hall–Kier alpha value is -0.570. The molecule has 0 spiro atoms. The van der Waals surface area contributed by atoms with Crippen molar-refractivity contribution in [3.8, 4) is 0 Å². The van der Waals surface area contributed by atoms with Crippen LogP contribution in [0, 0.1) is 5.92 Å². The molecule has 3 nitrogen and oxygen atoms in total. The van der Waals surface area contributed by atoms with Crippen molar-refractivity contribution in [2.45, 2.75) is 39.2 Å². The van der Waals surface area contributed by atoms with Gasteiger partial charge in [-0.25, -0.2) is 0 Å². The molecule has 0 unspecified atom stereocenters. The number of ether oxygens (including phenoxy) is 1. The van der Waals surface area contributed by atoms with E-state index in [1.807, 2.05) is 13.8 Å². The SMILES string of the molecule is COC(=O)C(C)(C)N1CCC(C)CC1. The van der Waals surface area contributed by atoms with Gasteiger partial charge in [-0.3, -0.25) is 9.69 Å². The van der Waals surface area contributed by atoms with Crippen molar-refractivity contribution in [3.05, 3.63) is 0 Å². The number of nitrogens with zero attached hydrogens (tertiary/aromatic N) is 1. The van der Waals surface area contributed by atoms with E-state index in [4.69, 9.17) is 4.74 Å². The van der Waals surface area contributed by atoms with E-state index in [1.54, 1.807) is 0 Å². The van der Waals surface area contributed by atoms with Crippen molar-refractivity contribution in [1.29, 1.82) is 0 Å². The first-order valence-corrected chi connectivity index (χ1v) is 5.32. The molecule has 1 saturated heterocycles. The lowest BCUT2D eigenvalue weighted by molar-refractivity contribution is -0.154. The van der Waals surface area contributed by atoms with Gasteiger partial charge >= 0.3 is 5.97 Å². The fraction of sp³-hybridized carbons (Fsp3) is 0.909. The minimum absolute atomic E-state index is 0.132. The van der Waals surface area contributed by atoms with Gasteiger partial charge in [0.05, 0.1) is 7.11 Å². The first-order chi connectivity index (χ1) is 6.48. The molecule has 0 aromatic carbocycles. The van der Waals surface area contributed by atoms with Crippen LogP contribution in [0.25, 0.3) is 0 Å².